The van der Waals surface area contributed by atoms with Crippen LogP contribution in [0.15, 0.2) is 18.2 Å². The van der Waals surface area contributed by atoms with Gasteiger partial charge in [0.15, 0.2) is 0 Å². The van der Waals surface area contributed by atoms with E-state index in [1.807, 2.05) is 6.92 Å². The maximum atomic E-state index is 12.9. The fraction of sp³-hybridized carbons (Fsp3) is 0.562. The van der Waals surface area contributed by atoms with Crippen LogP contribution in [0.4, 0.5) is 18.9 Å². The van der Waals surface area contributed by atoms with Crippen molar-refractivity contribution in [2.45, 2.75) is 32.4 Å². The van der Waals surface area contributed by atoms with Gasteiger partial charge in [0, 0.05) is 19.1 Å². The molecule has 0 aliphatic carbocycles. The summed E-state index contributed by atoms with van der Waals surface area (Å²) in [4.78, 5) is 12.3. The summed E-state index contributed by atoms with van der Waals surface area (Å²) in [5.41, 5.74) is -0.756. The molecule has 1 aromatic rings. The van der Waals surface area contributed by atoms with Crippen LogP contribution in [0.2, 0.25) is 0 Å². The SMILES string of the molecule is CCCOc1ccc(C(F)(F)F)cc1NC(=O)C1CCOCC1. The first-order chi connectivity index (χ1) is 10.9. The highest BCUT2D eigenvalue weighted by Crippen LogP contribution is 2.35. The first-order valence-corrected chi connectivity index (χ1v) is 7.64. The van der Waals surface area contributed by atoms with Gasteiger partial charge in [0.1, 0.15) is 5.75 Å². The molecule has 0 unspecified atom stereocenters. The Balaban J connectivity index is 2.19. The fourth-order valence-electron chi connectivity index (χ4n) is 2.34. The predicted molar refractivity (Wildman–Crippen MR) is 79.4 cm³/mol. The second-order valence-corrected chi connectivity index (χ2v) is 5.43. The maximum absolute atomic E-state index is 12.9. The average Bonchev–Trinajstić information content (AvgIpc) is 2.53. The number of carbonyl (C=O) groups is 1. The summed E-state index contributed by atoms with van der Waals surface area (Å²) in [6.07, 6.45) is -2.62. The number of hydrogen-bond acceptors (Lipinski definition) is 3. The standard InChI is InChI=1S/C16H20F3NO3/c1-2-7-23-14-4-3-12(16(17,18)19)10-13(14)20-15(21)11-5-8-22-9-6-11/h3-4,10-11H,2,5-9H2,1H3,(H,20,21). The lowest BCUT2D eigenvalue weighted by molar-refractivity contribution is -0.137. The molecular formula is C16H20F3NO3. The Morgan fingerprint density at radius 3 is 2.65 bits per heavy atom. The first kappa shape index (κ1) is 17.6. The zero-order chi connectivity index (χ0) is 16.9. The number of rotatable bonds is 5. The first-order valence-electron chi connectivity index (χ1n) is 7.64. The van der Waals surface area contributed by atoms with Crippen LogP contribution in [0.25, 0.3) is 0 Å². The summed E-state index contributed by atoms with van der Waals surface area (Å²) in [5.74, 6) is -0.299. The molecule has 1 saturated heterocycles. The van der Waals surface area contributed by atoms with Crippen LogP contribution < -0.4 is 10.1 Å². The highest BCUT2D eigenvalue weighted by molar-refractivity contribution is 5.94. The van der Waals surface area contributed by atoms with E-state index in [2.05, 4.69) is 5.32 Å². The third kappa shape index (κ3) is 4.86. The minimum Gasteiger partial charge on any atom is -0.491 e. The van der Waals surface area contributed by atoms with Gasteiger partial charge in [-0.15, -0.1) is 0 Å². The molecule has 128 valence electrons. The summed E-state index contributed by atoms with van der Waals surface area (Å²) in [6, 6.07) is 3.12. The van der Waals surface area contributed by atoms with E-state index in [1.165, 1.54) is 6.07 Å². The molecular weight excluding hydrogens is 311 g/mol. The lowest BCUT2D eigenvalue weighted by Gasteiger charge is -2.22. The summed E-state index contributed by atoms with van der Waals surface area (Å²) in [6.45, 7) is 3.23. The molecule has 1 aliphatic heterocycles. The number of ether oxygens (including phenoxy) is 2. The van der Waals surface area contributed by atoms with Gasteiger partial charge >= 0.3 is 6.18 Å². The monoisotopic (exact) mass is 331 g/mol. The molecule has 4 nitrogen and oxygen atoms in total. The lowest BCUT2D eigenvalue weighted by atomic mass is 9.99. The Morgan fingerprint density at radius 2 is 2.04 bits per heavy atom. The van der Waals surface area contributed by atoms with Crippen LogP contribution in [0.5, 0.6) is 5.75 Å². The second kappa shape index (κ2) is 7.68. The predicted octanol–water partition coefficient (Wildman–Crippen LogP) is 3.86. The van der Waals surface area contributed by atoms with Crippen LogP contribution >= 0.6 is 0 Å². The van der Waals surface area contributed by atoms with Crippen LogP contribution in [0.3, 0.4) is 0 Å². The van der Waals surface area contributed by atoms with Crippen molar-refractivity contribution in [1.82, 2.24) is 0 Å². The molecule has 0 aromatic heterocycles. The number of alkyl halides is 3. The van der Waals surface area contributed by atoms with Gasteiger partial charge < -0.3 is 14.8 Å². The van der Waals surface area contributed by atoms with Gasteiger partial charge in [-0.25, -0.2) is 0 Å². The van der Waals surface area contributed by atoms with Gasteiger partial charge in [-0.3, -0.25) is 4.79 Å². The second-order valence-electron chi connectivity index (χ2n) is 5.43. The van der Waals surface area contributed by atoms with E-state index in [-0.39, 0.29) is 23.3 Å². The van der Waals surface area contributed by atoms with Gasteiger partial charge in [-0.1, -0.05) is 6.92 Å². The molecule has 0 bridgehead atoms. The number of halogens is 3. The van der Waals surface area contributed by atoms with Crippen LogP contribution in [-0.2, 0) is 15.7 Å². The molecule has 0 spiro atoms. The highest BCUT2D eigenvalue weighted by Gasteiger charge is 2.32. The Bertz CT molecular complexity index is 540. The van der Waals surface area contributed by atoms with Gasteiger partial charge in [0.05, 0.1) is 17.9 Å². The quantitative estimate of drug-likeness (QED) is 0.891. The normalized spacial score (nSPS) is 16.2. The van der Waals surface area contributed by atoms with Crippen LogP contribution in [0.1, 0.15) is 31.7 Å². The summed E-state index contributed by atoms with van der Waals surface area (Å²) in [5, 5.41) is 2.58. The summed E-state index contributed by atoms with van der Waals surface area (Å²) in [7, 11) is 0. The van der Waals surface area contributed by atoms with E-state index in [4.69, 9.17) is 9.47 Å². The number of amides is 1. The minimum atomic E-state index is -4.47. The van der Waals surface area contributed by atoms with Crippen molar-refractivity contribution in [1.29, 1.82) is 0 Å². The van der Waals surface area contributed by atoms with E-state index in [0.29, 0.717) is 39.1 Å². The Labute approximate surface area is 133 Å². The number of anilines is 1. The van der Waals surface area contributed by atoms with Crippen molar-refractivity contribution >= 4 is 11.6 Å². The number of carbonyl (C=O) groups excluding carboxylic acids is 1. The smallest absolute Gasteiger partial charge is 0.416 e. The maximum Gasteiger partial charge on any atom is 0.416 e. The third-order valence-corrected chi connectivity index (χ3v) is 3.62. The van der Waals surface area contributed by atoms with Crippen LogP contribution in [-0.4, -0.2) is 25.7 Å². The summed E-state index contributed by atoms with van der Waals surface area (Å²) >= 11 is 0. The van der Waals surface area contributed by atoms with Crippen molar-refractivity contribution in [2.24, 2.45) is 5.92 Å². The van der Waals surface area contributed by atoms with E-state index in [9.17, 15) is 18.0 Å². The zero-order valence-corrected chi connectivity index (χ0v) is 12.9. The van der Waals surface area contributed by atoms with E-state index >= 15 is 0 Å². The average molecular weight is 331 g/mol. The van der Waals surface area contributed by atoms with E-state index in [1.54, 1.807) is 0 Å². The Kier molecular flexibility index (Phi) is 5.87. The molecule has 23 heavy (non-hydrogen) atoms. The van der Waals surface area contributed by atoms with Crippen molar-refractivity contribution in [3.05, 3.63) is 23.8 Å². The molecule has 1 aromatic carbocycles. The largest absolute Gasteiger partial charge is 0.491 e. The number of hydrogen-bond donors (Lipinski definition) is 1. The van der Waals surface area contributed by atoms with Crippen LogP contribution in [0, 0.1) is 5.92 Å². The lowest BCUT2D eigenvalue weighted by Crippen LogP contribution is -2.28. The third-order valence-electron chi connectivity index (χ3n) is 3.62. The molecule has 1 aliphatic rings. The van der Waals surface area contributed by atoms with Crippen molar-refractivity contribution in [3.63, 3.8) is 0 Å². The fourth-order valence-corrected chi connectivity index (χ4v) is 2.34. The highest BCUT2D eigenvalue weighted by atomic mass is 19.4. The topological polar surface area (TPSA) is 47.6 Å². The summed E-state index contributed by atoms with van der Waals surface area (Å²) < 4.78 is 49.2. The minimum absolute atomic E-state index is 0.0600. The van der Waals surface area contributed by atoms with Gasteiger partial charge in [-0.2, -0.15) is 13.2 Å². The van der Waals surface area contributed by atoms with Gasteiger partial charge in [0.2, 0.25) is 5.91 Å². The molecule has 0 radical (unpaired) electrons. The van der Waals surface area contributed by atoms with Gasteiger partial charge in [0.25, 0.3) is 0 Å². The van der Waals surface area contributed by atoms with E-state index in [0.717, 1.165) is 12.1 Å². The molecule has 1 N–H and O–H groups in total. The van der Waals surface area contributed by atoms with Crippen molar-refractivity contribution in [3.8, 4) is 5.75 Å². The molecule has 0 saturated carbocycles. The van der Waals surface area contributed by atoms with Crippen molar-refractivity contribution < 1.29 is 27.4 Å². The van der Waals surface area contributed by atoms with Gasteiger partial charge in [-0.05, 0) is 37.5 Å². The molecule has 1 fully saturated rings. The molecule has 7 heteroatoms. The van der Waals surface area contributed by atoms with E-state index < -0.39 is 11.7 Å². The van der Waals surface area contributed by atoms with Crippen molar-refractivity contribution in [2.75, 3.05) is 25.1 Å². The number of nitrogens with one attached hydrogen (secondary N) is 1. The molecule has 1 heterocycles. The molecule has 0 atom stereocenters. The Hall–Kier alpha value is -1.76. The molecule has 2 rings (SSSR count). The molecule has 1 amide bonds. The Morgan fingerprint density at radius 1 is 1.35 bits per heavy atom. The zero-order valence-electron chi connectivity index (χ0n) is 12.9. The number of benzene rings is 1.